The number of amides is 2. The van der Waals surface area contributed by atoms with Gasteiger partial charge in [-0.1, -0.05) is 8.93 Å². The molecule has 0 aromatic carbocycles. The molecular weight excluding hydrogens is 380 g/mol. The molecular formula is C4H3I2NO2S. The maximum absolute atomic E-state index is 11.0. The monoisotopic (exact) mass is 383 g/mol. The molecule has 1 atom stereocenters. The zero-order valence-electron chi connectivity index (χ0n) is 4.71. The molecule has 10 heavy (non-hydrogen) atoms. The van der Waals surface area contributed by atoms with E-state index < -0.39 is 0 Å². The van der Waals surface area contributed by atoms with Gasteiger partial charge in [-0.25, -0.2) is 3.11 Å². The summed E-state index contributed by atoms with van der Waals surface area (Å²) in [5.74, 6) is -0.162. The van der Waals surface area contributed by atoms with E-state index >= 15 is 0 Å². The highest BCUT2D eigenvalue weighted by atomic mass is 127. The number of carbonyl (C=O) groups is 2. The van der Waals surface area contributed by atoms with Crippen molar-refractivity contribution >= 4 is 64.8 Å². The van der Waals surface area contributed by atoms with Gasteiger partial charge in [-0.2, -0.15) is 0 Å². The quantitative estimate of drug-likeness (QED) is 0.392. The Morgan fingerprint density at radius 2 is 2.20 bits per heavy atom. The van der Waals surface area contributed by atoms with Crippen LogP contribution in [0.3, 0.4) is 0 Å². The van der Waals surface area contributed by atoms with E-state index in [1.807, 2.05) is 21.2 Å². The number of hydrogen-bond acceptors (Lipinski definition) is 3. The molecule has 0 aromatic heterocycles. The summed E-state index contributed by atoms with van der Waals surface area (Å²) >= 11 is 3.78. The van der Waals surface area contributed by atoms with Crippen LogP contribution in [0.5, 0.6) is 0 Å². The van der Waals surface area contributed by atoms with Crippen LogP contribution in [0, 0.1) is 0 Å². The molecule has 0 N–H and O–H groups in total. The number of rotatable bonds is 1. The van der Waals surface area contributed by atoms with Crippen molar-refractivity contribution in [1.29, 1.82) is 0 Å². The lowest BCUT2D eigenvalue weighted by Gasteiger charge is -2.01. The highest BCUT2D eigenvalue weighted by Crippen LogP contribution is 2.31. The molecule has 0 aliphatic carbocycles. The average Bonchev–Trinajstić information content (AvgIpc) is 2.17. The summed E-state index contributed by atoms with van der Waals surface area (Å²) in [5, 5.41) is -0.148. The molecule has 56 valence electrons. The van der Waals surface area contributed by atoms with Gasteiger partial charge in [-0.3, -0.25) is 9.59 Å². The van der Waals surface area contributed by atoms with Gasteiger partial charge in [0.1, 0.15) is 5.25 Å². The van der Waals surface area contributed by atoms with Gasteiger partial charge in [0.25, 0.3) is 5.91 Å². The fraction of sp³-hybridized carbons (Fsp3) is 0.500. The van der Waals surface area contributed by atoms with Crippen LogP contribution in [0.25, 0.3) is 0 Å². The molecule has 1 unspecified atom stereocenters. The van der Waals surface area contributed by atoms with Gasteiger partial charge in [0, 0.05) is 6.42 Å². The second-order valence-electron chi connectivity index (χ2n) is 1.79. The zero-order chi connectivity index (χ0) is 7.72. The van der Waals surface area contributed by atoms with E-state index in [1.54, 1.807) is 22.9 Å². The van der Waals surface area contributed by atoms with E-state index in [4.69, 9.17) is 0 Å². The molecule has 1 saturated heterocycles. The molecule has 0 saturated carbocycles. The summed E-state index contributed by atoms with van der Waals surface area (Å²) in [7, 11) is 1.40. The van der Waals surface area contributed by atoms with Crippen LogP contribution in [-0.2, 0) is 9.59 Å². The summed E-state index contributed by atoms with van der Waals surface area (Å²) < 4.78 is 1.16. The van der Waals surface area contributed by atoms with Gasteiger partial charge < -0.3 is 0 Å². The van der Waals surface area contributed by atoms with Crippen LogP contribution in [0.15, 0.2) is 0 Å². The number of carbonyl (C=O) groups excluding carboxylic acids is 2. The van der Waals surface area contributed by atoms with E-state index in [1.165, 1.54) is 8.93 Å². The Morgan fingerprint density at radius 1 is 1.60 bits per heavy atom. The molecule has 6 heteroatoms. The van der Waals surface area contributed by atoms with Gasteiger partial charge in [0.05, 0.1) is 22.9 Å². The van der Waals surface area contributed by atoms with Crippen molar-refractivity contribution in [3.8, 4) is 0 Å². The minimum atomic E-state index is -0.148. The van der Waals surface area contributed by atoms with Crippen LogP contribution in [0.1, 0.15) is 6.42 Å². The molecule has 0 spiro atoms. The van der Waals surface area contributed by atoms with Crippen molar-refractivity contribution in [2.75, 3.05) is 0 Å². The maximum Gasteiger partial charge on any atom is 0.252 e. The van der Waals surface area contributed by atoms with Gasteiger partial charge in [-0.05, 0) is 21.2 Å². The van der Waals surface area contributed by atoms with Crippen LogP contribution in [-0.4, -0.2) is 20.2 Å². The third kappa shape index (κ3) is 1.58. The predicted molar refractivity (Wildman–Crippen MR) is 55.9 cm³/mol. The van der Waals surface area contributed by atoms with Crippen molar-refractivity contribution in [2.24, 2.45) is 0 Å². The summed E-state index contributed by atoms with van der Waals surface area (Å²) in [5.41, 5.74) is 0. The zero-order valence-corrected chi connectivity index (χ0v) is 9.84. The minimum Gasteiger partial charge on any atom is -0.274 e. The smallest absolute Gasteiger partial charge is 0.252 e. The lowest BCUT2D eigenvalue weighted by atomic mass is 10.4. The molecule has 1 rings (SSSR count). The third-order valence-corrected chi connectivity index (χ3v) is 4.59. The lowest BCUT2D eigenvalue weighted by molar-refractivity contribution is -0.130. The number of nitrogens with zero attached hydrogens (tertiary/aromatic N) is 1. The Kier molecular flexibility index (Phi) is 3.22. The Morgan fingerprint density at radius 3 is 2.40 bits per heavy atom. The van der Waals surface area contributed by atoms with Crippen molar-refractivity contribution in [1.82, 2.24) is 3.11 Å². The first kappa shape index (κ1) is 9.04. The molecule has 3 nitrogen and oxygen atoms in total. The predicted octanol–water partition coefficient (Wildman–Crippen LogP) is 1.55. The Balaban J connectivity index is 2.71. The van der Waals surface area contributed by atoms with Gasteiger partial charge >= 0.3 is 0 Å². The highest BCUT2D eigenvalue weighted by molar-refractivity contribution is 14.2. The molecule has 1 heterocycles. The van der Waals surface area contributed by atoms with Gasteiger partial charge in [0.2, 0.25) is 5.91 Å². The fourth-order valence-electron chi connectivity index (χ4n) is 0.645. The SMILES string of the molecule is O=C1CC(SI)C(=O)N1I. The maximum atomic E-state index is 11.0. The Bertz CT molecular complexity index is 186. The van der Waals surface area contributed by atoms with Crippen LogP contribution < -0.4 is 0 Å². The first-order valence-electron chi connectivity index (χ1n) is 2.46. The summed E-state index contributed by atoms with van der Waals surface area (Å²) in [4.78, 5) is 21.9. The normalized spacial score (nSPS) is 26.2. The first-order chi connectivity index (χ1) is 4.66. The van der Waals surface area contributed by atoms with E-state index in [0.29, 0.717) is 6.42 Å². The van der Waals surface area contributed by atoms with Gasteiger partial charge in [0.15, 0.2) is 0 Å². The van der Waals surface area contributed by atoms with Crippen LogP contribution >= 0.6 is 53.0 Å². The minimum absolute atomic E-state index is 0.0787. The summed E-state index contributed by atoms with van der Waals surface area (Å²) in [6.45, 7) is 0. The summed E-state index contributed by atoms with van der Waals surface area (Å²) in [6.07, 6.45) is 0.357. The van der Waals surface area contributed by atoms with Crippen molar-refractivity contribution in [3.05, 3.63) is 0 Å². The second-order valence-corrected chi connectivity index (χ2v) is 5.03. The number of halogens is 2. The second kappa shape index (κ2) is 3.57. The van der Waals surface area contributed by atoms with Crippen molar-refractivity contribution in [3.63, 3.8) is 0 Å². The standard InChI is InChI=1S/C4H3I2NO2S/c5-7-3(8)1-2(10-6)4(7)9/h2H,1H2. The van der Waals surface area contributed by atoms with Crippen molar-refractivity contribution in [2.45, 2.75) is 11.7 Å². The van der Waals surface area contributed by atoms with Crippen LogP contribution in [0.4, 0.5) is 0 Å². The van der Waals surface area contributed by atoms with Crippen LogP contribution in [0.2, 0.25) is 0 Å². The molecule has 1 aliphatic rings. The molecule has 1 fully saturated rings. The topological polar surface area (TPSA) is 37.4 Å². The van der Waals surface area contributed by atoms with E-state index in [-0.39, 0.29) is 17.1 Å². The highest BCUT2D eigenvalue weighted by Gasteiger charge is 2.37. The van der Waals surface area contributed by atoms with Crippen molar-refractivity contribution < 1.29 is 9.59 Å². The fourth-order valence-corrected chi connectivity index (χ4v) is 2.95. The molecule has 0 radical (unpaired) electrons. The molecule has 0 aromatic rings. The third-order valence-electron chi connectivity index (χ3n) is 1.16. The average molecular weight is 383 g/mol. The van der Waals surface area contributed by atoms with E-state index in [2.05, 4.69) is 0 Å². The largest absolute Gasteiger partial charge is 0.274 e. The Hall–Kier alpha value is 0.950. The summed E-state index contributed by atoms with van der Waals surface area (Å²) in [6, 6.07) is 0. The van der Waals surface area contributed by atoms with E-state index in [9.17, 15) is 9.59 Å². The molecule has 0 bridgehead atoms. The first-order valence-corrected chi connectivity index (χ1v) is 6.85. The number of imide groups is 1. The molecule has 2 amide bonds. The Labute approximate surface area is 88.4 Å². The van der Waals surface area contributed by atoms with Gasteiger partial charge in [-0.15, -0.1) is 0 Å². The lowest BCUT2D eigenvalue weighted by Crippen LogP contribution is -2.20. The molecule has 1 aliphatic heterocycles. The van der Waals surface area contributed by atoms with E-state index in [0.717, 1.165) is 3.11 Å². The number of hydrogen-bond donors (Lipinski definition) is 0.